The van der Waals surface area contributed by atoms with Crippen molar-refractivity contribution in [2.45, 2.75) is 12.1 Å². The molecule has 4 heteroatoms. The van der Waals surface area contributed by atoms with Crippen LogP contribution in [-0.4, -0.2) is 0 Å². The number of nitrogens with zero attached hydrogens (tertiary/aromatic N) is 1. The Balaban J connectivity index is 2.34. The van der Waals surface area contributed by atoms with Gasteiger partial charge < -0.3 is 0 Å². The van der Waals surface area contributed by atoms with Crippen molar-refractivity contribution in [3.63, 3.8) is 0 Å². The Morgan fingerprint density at radius 3 is 1.84 bits per heavy atom. The number of nitriles is 1. The molecule has 0 radical (unpaired) electrons. The van der Waals surface area contributed by atoms with Crippen LogP contribution in [0.25, 0.3) is 0 Å². The monoisotopic (exact) mass is 261 g/mol. The molecule has 0 aliphatic heterocycles. The largest absolute Gasteiger partial charge is 0.416 e. The second-order valence-electron chi connectivity index (χ2n) is 4.09. The number of hydrogen-bond donors (Lipinski definition) is 0. The highest BCUT2D eigenvalue weighted by atomic mass is 19.4. The predicted octanol–water partition coefficient (Wildman–Crippen LogP) is 4.36. The van der Waals surface area contributed by atoms with E-state index in [1.807, 2.05) is 6.07 Å². The van der Waals surface area contributed by atoms with E-state index in [9.17, 15) is 18.4 Å². The lowest BCUT2D eigenvalue weighted by Crippen LogP contribution is -2.05. The van der Waals surface area contributed by atoms with Gasteiger partial charge in [-0.05, 0) is 23.3 Å². The molecule has 0 aromatic heterocycles. The van der Waals surface area contributed by atoms with Crippen molar-refractivity contribution in [2.75, 3.05) is 0 Å². The van der Waals surface area contributed by atoms with Crippen LogP contribution in [0, 0.1) is 11.3 Å². The second kappa shape index (κ2) is 5.15. The molecule has 0 N–H and O–H groups in total. The molecule has 2 aromatic carbocycles. The Morgan fingerprint density at radius 2 is 1.37 bits per heavy atom. The first kappa shape index (κ1) is 13.2. The van der Waals surface area contributed by atoms with Gasteiger partial charge in [-0.3, -0.25) is 0 Å². The fraction of sp³-hybridized carbons (Fsp3) is 0.133. The van der Waals surface area contributed by atoms with Gasteiger partial charge in [0.05, 0.1) is 17.6 Å². The van der Waals surface area contributed by atoms with Gasteiger partial charge in [0.25, 0.3) is 0 Å². The van der Waals surface area contributed by atoms with E-state index in [-0.39, 0.29) is 0 Å². The first-order valence-electron chi connectivity index (χ1n) is 5.64. The zero-order valence-corrected chi connectivity index (χ0v) is 9.85. The van der Waals surface area contributed by atoms with Crippen LogP contribution in [0.4, 0.5) is 13.2 Å². The van der Waals surface area contributed by atoms with Gasteiger partial charge in [-0.15, -0.1) is 0 Å². The van der Waals surface area contributed by atoms with Gasteiger partial charge in [0, 0.05) is 0 Å². The molecule has 2 rings (SSSR count). The normalized spacial score (nSPS) is 12.7. The number of alkyl halides is 3. The third kappa shape index (κ3) is 2.94. The molecule has 0 heterocycles. The highest BCUT2D eigenvalue weighted by molar-refractivity contribution is 5.39. The van der Waals surface area contributed by atoms with E-state index in [1.165, 1.54) is 12.1 Å². The summed E-state index contributed by atoms with van der Waals surface area (Å²) in [5, 5.41) is 9.19. The van der Waals surface area contributed by atoms with E-state index in [1.54, 1.807) is 24.3 Å². The van der Waals surface area contributed by atoms with E-state index in [2.05, 4.69) is 6.07 Å². The fourth-order valence-electron chi connectivity index (χ4n) is 1.85. The highest BCUT2D eigenvalue weighted by Gasteiger charge is 2.30. The van der Waals surface area contributed by atoms with Gasteiger partial charge in [0.2, 0.25) is 0 Å². The highest BCUT2D eigenvalue weighted by Crippen LogP contribution is 2.31. The molecule has 1 nitrogen and oxygen atoms in total. The maximum Gasteiger partial charge on any atom is 0.416 e. The SMILES string of the molecule is N#CC(c1ccccc1)c1ccc(C(F)(F)F)cc1. The summed E-state index contributed by atoms with van der Waals surface area (Å²) in [7, 11) is 0. The Bertz CT molecular complexity index is 580. The minimum Gasteiger partial charge on any atom is -0.197 e. The van der Waals surface area contributed by atoms with Crippen LogP contribution in [0.3, 0.4) is 0 Å². The Labute approximate surface area is 108 Å². The summed E-state index contributed by atoms with van der Waals surface area (Å²) in [4.78, 5) is 0. The zero-order valence-electron chi connectivity index (χ0n) is 9.85. The molecule has 0 aliphatic carbocycles. The van der Waals surface area contributed by atoms with Gasteiger partial charge in [-0.1, -0.05) is 42.5 Å². The summed E-state index contributed by atoms with van der Waals surface area (Å²) in [5.74, 6) is -0.552. The summed E-state index contributed by atoms with van der Waals surface area (Å²) in [6.45, 7) is 0. The third-order valence-corrected chi connectivity index (χ3v) is 2.83. The predicted molar refractivity (Wildman–Crippen MR) is 65.3 cm³/mol. The van der Waals surface area contributed by atoms with E-state index in [4.69, 9.17) is 0 Å². The molecule has 0 amide bonds. The lowest BCUT2D eigenvalue weighted by Gasteiger charge is -2.11. The minimum absolute atomic E-state index is 0.552. The van der Waals surface area contributed by atoms with Crippen molar-refractivity contribution in [1.29, 1.82) is 5.26 Å². The summed E-state index contributed by atoms with van der Waals surface area (Å²) in [6.07, 6.45) is -4.35. The molecule has 1 atom stereocenters. The summed E-state index contributed by atoms with van der Waals surface area (Å²) >= 11 is 0. The van der Waals surface area contributed by atoms with Crippen molar-refractivity contribution >= 4 is 0 Å². The van der Waals surface area contributed by atoms with E-state index >= 15 is 0 Å². The van der Waals surface area contributed by atoms with Crippen LogP contribution >= 0.6 is 0 Å². The van der Waals surface area contributed by atoms with Crippen LogP contribution in [0.5, 0.6) is 0 Å². The topological polar surface area (TPSA) is 23.8 Å². The molecule has 0 bridgehead atoms. The maximum absolute atomic E-state index is 12.5. The summed E-state index contributed by atoms with van der Waals surface area (Å²) in [6, 6.07) is 15.8. The van der Waals surface area contributed by atoms with Crippen molar-refractivity contribution in [3.05, 3.63) is 71.3 Å². The summed E-state index contributed by atoms with van der Waals surface area (Å²) < 4.78 is 37.4. The fourth-order valence-corrected chi connectivity index (χ4v) is 1.85. The Kier molecular flexibility index (Phi) is 3.57. The number of halogens is 3. The molecular weight excluding hydrogens is 251 g/mol. The van der Waals surface area contributed by atoms with Crippen molar-refractivity contribution in [2.24, 2.45) is 0 Å². The number of hydrogen-bond acceptors (Lipinski definition) is 1. The first-order chi connectivity index (χ1) is 9.02. The van der Waals surface area contributed by atoms with Gasteiger partial charge >= 0.3 is 6.18 Å². The molecule has 0 spiro atoms. The number of benzene rings is 2. The molecule has 0 aliphatic rings. The van der Waals surface area contributed by atoms with Crippen molar-refractivity contribution in [1.82, 2.24) is 0 Å². The van der Waals surface area contributed by atoms with Crippen LogP contribution < -0.4 is 0 Å². The molecule has 0 saturated heterocycles. The van der Waals surface area contributed by atoms with Gasteiger partial charge in [0.1, 0.15) is 0 Å². The maximum atomic E-state index is 12.5. The van der Waals surface area contributed by atoms with E-state index in [0.717, 1.165) is 17.7 Å². The smallest absolute Gasteiger partial charge is 0.197 e. The molecule has 96 valence electrons. The van der Waals surface area contributed by atoms with Gasteiger partial charge in [0.15, 0.2) is 0 Å². The van der Waals surface area contributed by atoms with Crippen LogP contribution in [0.1, 0.15) is 22.6 Å². The third-order valence-electron chi connectivity index (χ3n) is 2.83. The molecule has 19 heavy (non-hydrogen) atoms. The molecule has 2 aromatic rings. The molecule has 1 unspecified atom stereocenters. The van der Waals surface area contributed by atoms with Gasteiger partial charge in [-0.2, -0.15) is 18.4 Å². The van der Waals surface area contributed by atoms with Crippen LogP contribution in [0.15, 0.2) is 54.6 Å². The quantitative estimate of drug-likeness (QED) is 0.787. The van der Waals surface area contributed by atoms with Crippen molar-refractivity contribution in [3.8, 4) is 6.07 Å². The molecule has 0 fully saturated rings. The average molecular weight is 261 g/mol. The standard InChI is InChI=1S/C15H10F3N/c16-15(17,18)13-8-6-12(7-9-13)14(10-19)11-4-2-1-3-5-11/h1-9,14H. The number of rotatable bonds is 2. The van der Waals surface area contributed by atoms with E-state index in [0.29, 0.717) is 5.56 Å². The first-order valence-corrected chi connectivity index (χ1v) is 5.64. The Morgan fingerprint density at radius 1 is 0.842 bits per heavy atom. The van der Waals surface area contributed by atoms with Crippen molar-refractivity contribution < 1.29 is 13.2 Å². The minimum atomic E-state index is -4.35. The van der Waals surface area contributed by atoms with Crippen LogP contribution in [0.2, 0.25) is 0 Å². The van der Waals surface area contributed by atoms with Crippen LogP contribution in [-0.2, 0) is 6.18 Å². The molecule has 0 saturated carbocycles. The van der Waals surface area contributed by atoms with Gasteiger partial charge in [-0.25, -0.2) is 0 Å². The second-order valence-corrected chi connectivity index (χ2v) is 4.09. The zero-order chi connectivity index (χ0) is 13.9. The lowest BCUT2D eigenvalue weighted by atomic mass is 9.92. The average Bonchev–Trinajstić information content (AvgIpc) is 2.40. The Hall–Kier alpha value is -2.28. The molecular formula is C15H10F3N. The van der Waals surface area contributed by atoms with E-state index < -0.39 is 17.7 Å². The summed E-state index contributed by atoms with van der Waals surface area (Å²) in [5.41, 5.74) is 0.618. The lowest BCUT2D eigenvalue weighted by molar-refractivity contribution is -0.137.